The average Bonchev–Trinajstić information content (AvgIpc) is 2.02. The fourth-order valence-electron chi connectivity index (χ4n) is 1.80. The molecule has 13 heavy (non-hydrogen) atoms. The van der Waals surface area contributed by atoms with Crippen molar-refractivity contribution in [2.75, 3.05) is 6.54 Å². The van der Waals surface area contributed by atoms with Crippen LogP contribution in [0.15, 0.2) is 0 Å². The van der Waals surface area contributed by atoms with Crippen LogP contribution in [-0.2, 0) is 0 Å². The lowest BCUT2D eigenvalue weighted by atomic mass is 9.87. The lowest BCUT2D eigenvalue weighted by molar-refractivity contribution is 0.106. The molecule has 0 bridgehead atoms. The Bertz CT molecular complexity index is 143. The molecule has 0 atom stereocenters. The van der Waals surface area contributed by atoms with Crippen molar-refractivity contribution in [3.8, 4) is 0 Å². The van der Waals surface area contributed by atoms with E-state index in [0.717, 1.165) is 25.3 Å². The molecule has 0 heterocycles. The van der Waals surface area contributed by atoms with Crippen LogP contribution in [0.4, 0.5) is 0 Å². The van der Waals surface area contributed by atoms with E-state index in [1.54, 1.807) is 0 Å². The highest BCUT2D eigenvalue weighted by Crippen LogP contribution is 2.23. The number of hydrogen-bond acceptors (Lipinski definition) is 2. The highest BCUT2D eigenvalue weighted by Gasteiger charge is 2.20. The fraction of sp³-hybridized carbons (Fsp3) is 1.00. The molecular formula is C11H23NO. The zero-order valence-electron chi connectivity index (χ0n) is 9.14. The second-order valence-corrected chi connectivity index (χ2v) is 5.31. The maximum Gasteiger partial charge on any atom is 0.0540 e. The number of aliphatic hydroxyl groups is 1. The zero-order valence-corrected chi connectivity index (χ0v) is 9.14. The standard InChI is InChI=1S/C11H23NO/c1-11(2,3)12-8-9-4-6-10(13)7-5-9/h9-10,12-13H,4-8H2,1-3H3. The molecule has 2 N–H and O–H groups in total. The molecule has 2 nitrogen and oxygen atoms in total. The van der Waals surface area contributed by atoms with Crippen LogP contribution >= 0.6 is 0 Å². The number of hydrogen-bond donors (Lipinski definition) is 2. The Morgan fingerprint density at radius 1 is 1.15 bits per heavy atom. The van der Waals surface area contributed by atoms with Crippen LogP contribution in [0.2, 0.25) is 0 Å². The van der Waals surface area contributed by atoms with Gasteiger partial charge in [-0.2, -0.15) is 0 Å². The molecule has 1 rings (SSSR count). The largest absolute Gasteiger partial charge is 0.393 e. The summed E-state index contributed by atoms with van der Waals surface area (Å²) >= 11 is 0. The molecule has 1 aliphatic rings. The van der Waals surface area contributed by atoms with Crippen molar-refractivity contribution in [3.63, 3.8) is 0 Å². The second kappa shape index (κ2) is 4.43. The maximum atomic E-state index is 9.33. The first-order valence-corrected chi connectivity index (χ1v) is 5.40. The lowest BCUT2D eigenvalue weighted by Crippen LogP contribution is -2.40. The molecule has 1 aliphatic carbocycles. The molecule has 78 valence electrons. The third kappa shape index (κ3) is 4.63. The van der Waals surface area contributed by atoms with Gasteiger partial charge in [0.1, 0.15) is 0 Å². The van der Waals surface area contributed by atoms with Gasteiger partial charge in [0, 0.05) is 5.54 Å². The number of rotatable bonds is 2. The van der Waals surface area contributed by atoms with Crippen LogP contribution in [0.25, 0.3) is 0 Å². The molecule has 0 saturated heterocycles. The normalized spacial score (nSPS) is 30.5. The van der Waals surface area contributed by atoms with E-state index in [2.05, 4.69) is 26.1 Å². The minimum Gasteiger partial charge on any atom is -0.393 e. The van der Waals surface area contributed by atoms with Gasteiger partial charge < -0.3 is 10.4 Å². The van der Waals surface area contributed by atoms with E-state index in [-0.39, 0.29) is 11.6 Å². The van der Waals surface area contributed by atoms with Crippen LogP contribution in [0, 0.1) is 5.92 Å². The number of nitrogens with one attached hydrogen (secondary N) is 1. The van der Waals surface area contributed by atoms with Crippen molar-refractivity contribution in [1.29, 1.82) is 0 Å². The topological polar surface area (TPSA) is 32.3 Å². The van der Waals surface area contributed by atoms with Gasteiger partial charge in [0.15, 0.2) is 0 Å². The maximum absolute atomic E-state index is 9.33. The molecule has 0 aliphatic heterocycles. The summed E-state index contributed by atoms with van der Waals surface area (Å²) in [6, 6.07) is 0. The lowest BCUT2D eigenvalue weighted by Gasteiger charge is -2.29. The average molecular weight is 185 g/mol. The summed E-state index contributed by atoms with van der Waals surface area (Å²) in [4.78, 5) is 0. The third-order valence-electron chi connectivity index (χ3n) is 2.74. The Kier molecular flexibility index (Phi) is 3.74. The first-order valence-electron chi connectivity index (χ1n) is 5.40. The monoisotopic (exact) mass is 185 g/mol. The van der Waals surface area contributed by atoms with E-state index in [4.69, 9.17) is 0 Å². The summed E-state index contributed by atoms with van der Waals surface area (Å²) in [7, 11) is 0. The molecule has 1 fully saturated rings. The van der Waals surface area contributed by atoms with Crippen LogP contribution in [0.3, 0.4) is 0 Å². The van der Waals surface area contributed by atoms with E-state index in [1.807, 2.05) is 0 Å². The van der Waals surface area contributed by atoms with Crippen molar-refractivity contribution in [3.05, 3.63) is 0 Å². The Morgan fingerprint density at radius 3 is 2.15 bits per heavy atom. The Hall–Kier alpha value is -0.0800. The molecule has 0 aromatic heterocycles. The summed E-state index contributed by atoms with van der Waals surface area (Å²) in [6.45, 7) is 7.70. The Balaban J connectivity index is 2.16. The molecule has 2 heteroatoms. The minimum absolute atomic E-state index is 0.0223. The van der Waals surface area contributed by atoms with Gasteiger partial charge in [-0.3, -0.25) is 0 Å². The van der Waals surface area contributed by atoms with Crippen molar-refractivity contribution < 1.29 is 5.11 Å². The van der Waals surface area contributed by atoms with Crippen LogP contribution in [0.1, 0.15) is 46.5 Å². The van der Waals surface area contributed by atoms with E-state index < -0.39 is 0 Å². The minimum atomic E-state index is -0.0223. The van der Waals surface area contributed by atoms with Gasteiger partial charge in [-0.25, -0.2) is 0 Å². The summed E-state index contributed by atoms with van der Waals surface area (Å²) in [6.07, 6.45) is 4.34. The Morgan fingerprint density at radius 2 is 1.69 bits per heavy atom. The Labute approximate surface area is 81.7 Å². The molecule has 0 spiro atoms. The summed E-state index contributed by atoms with van der Waals surface area (Å²) < 4.78 is 0. The van der Waals surface area contributed by atoms with Crippen molar-refractivity contribution >= 4 is 0 Å². The zero-order chi connectivity index (χ0) is 9.90. The summed E-state index contributed by atoms with van der Waals surface area (Å²) in [5, 5.41) is 12.9. The second-order valence-electron chi connectivity index (χ2n) is 5.31. The van der Waals surface area contributed by atoms with Gasteiger partial charge in [-0.05, 0) is 58.9 Å². The van der Waals surface area contributed by atoms with Crippen molar-refractivity contribution in [2.24, 2.45) is 5.92 Å². The van der Waals surface area contributed by atoms with Gasteiger partial charge in [0.25, 0.3) is 0 Å². The molecule has 0 aromatic rings. The van der Waals surface area contributed by atoms with Gasteiger partial charge >= 0.3 is 0 Å². The molecule has 0 unspecified atom stereocenters. The molecule has 0 aromatic carbocycles. The first kappa shape index (κ1) is 11.0. The highest BCUT2D eigenvalue weighted by molar-refractivity contribution is 4.77. The summed E-state index contributed by atoms with van der Waals surface area (Å²) in [5.74, 6) is 0.780. The van der Waals surface area contributed by atoms with Crippen LogP contribution in [-0.4, -0.2) is 23.3 Å². The van der Waals surface area contributed by atoms with E-state index in [0.29, 0.717) is 0 Å². The van der Waals surface area contributed by atoms with Gasteiger partial charge in [-0.1, -0.05) is 0 Å². The van der Waals surface area contributed by atoms with Gasteiger partial charge in [0.05, 0.1) is 6.10 Å². The third-order valence-corrected chi connectivity index (χ3v) is 2.74. The molecular weight excluding hydrogens is 162 g/mol. The van der Waals surface area contributed by atoms with E-state index in [1.165, 1.54) is 12.8 Å². The van der Waals surface area contributed by atoms with Crippen LogP contribution < -0.4 is 5.32 Å². The SMILES string of the molecule is CC(C)(C)NCC1CCC(O)CC1. The van der Waals surface area contributed by atoms with Gasteiger partial charge in [-0.15, -0.1) is 0 Å². The fourth-order valence-corrected chi connectivity index (χ4v) is 1.80. The molecule has 0 amide bonds. The van der Waals surface area contributed by atoms with Crippen LogP contribution in [0.5, 0.6) is 0 Å². The smallest absolute Gasteiger partial charge is 0.0540 e. The van der Waals surface area contributed by atoms with E-state index >= 15 is 0 Å². The molecule has 1 saturated carbocycles. The van der Waals surface area contributed by atoms with Crippen molar-refractivity contribution in [2.45, 2.75) is 58.1 Å². The highest BCUT2D eigenvalue weighted by atomic mass is 16.3. The first-order chi connectivity index (χ1) is 5.97. The quantitative estimate of drug-likeness (QED) is 0.689. The van der Waals surface area contributed by atoms with E-state index in [9.17, 15) is 5.11 Å². The predicted octanol–water partition coefficient (Wildman–Crippen LogP) is 1.93. The van der Waals surface area contributed by atoms with Crippen molar-refractivity contribution in [1.82, 2.24) is 5.32 Å². The summed E-state index contributed by atoms with van der Waals surface area (Å²) in [5.41, 5.74) is 0.232. The number of aliphatic hydroxyl groups excluding tert-OH is 1. The predicted molar refractivity (Wildman–Crippen MR) is 55.7 cm³/mol. The molecule has 0 radical (unpaired) electrons. The van der Waals surface area contributed by atoms with Gasteiger partial charge in [0.2, 0.25) is 0 Å².